The summed E-state index contributed by atoms with van der Waals surface area (Å²) in [6, 6.07) is 13.4. The van der Waals surface area contributed by atoms with E-state index in [4.69, 9.17) is 10.00 Å². The Morgan fingerprint density at radius 3 is 2.46 bits per heavy atom. The van der Waals surface area contributed by atoms with Crippen LogP contribution in [0.15, 0.2) is 42.5 Å². The van der Waals surface area contributed by atoms with E-state index in [1.54, 1.807) is 12.1 Å². The molecule has 0 saturated heterocycles. The molecular weight excluding hydrogens is 362 g/mol. The van der Waals surface area contributed by atoms with Gasteiger partial charge in [-0.25, -0.2) is 4.79 Å². The molecule has 8 heteroatoms. The summed E-state index contributed by atoms with van der Waals surface area (Å²) in [5, 5.41) is 20.0. The van der Waals surface area contributed by atoms with E-state index in [2.05, 4.69) is 0 Å². The second kappa shape index (κ2) is 9.28. The number of para-hydroxylation sites is 1. The fraction of sp³-hybridized carbons (Fsp3) is 0.250. The van der Waals surface area contributed by atoms with Gasteiger partial charge in [0.2, 0.25) is 0 Å². The summed E-state index contributed by atoms with van der Waals surface area (Å²) in [5.74, 6) is -1.48. The van der Waals surface area contributed by atoms with E-state index in [0.717, 1.165) is 5.56 Å². The summed E-state index contributed by atoms with van der Waals surface area (Å²) in [7, 11) is 0. The zero-order valence-corrected chi connectivity index (χ0v) is 15.5. The lowest BCUT2D eigenvalue weighted by molar-refractivity contribution is -0.385. The molecule has 0 N–H and O–H groups in total. The molecule has 8 nitrogen and oxygen atoms in total. The molecule has 0 aliphatic carbocycles. The number of nitrogens with zero attached hydrogens (tertiary/aromatic N) is 3. The molecule has 0 bridgehead atoms. The maximum atomic E-state index is 12.6. The Bertz CT molecular complexity index is 932. The van der Waals surface area contributed by atoms with Gasteiger partial charge in [0.15, 0.2) is 6.61 Å². The summed E-state index contributed by atoms with van der Waals surface area (Å²) in [5.41, 5.74) is 1.34. The maximum Gasteiger partial charge on any atom is 0.345 e. The van der Waals surface area contributed by atoms with Gasteiger partial charge in [0.25, 0.3) is 11.6 Å². The van der Waals surface area contributed by atoms with Crippen LogP contribution in [0.2, 0.25) is 0 Å². The molecule has 0 aliphatic rings. The molecule has 1 amide bonds. The number of nitro groups is 1. The SMILES string of the molecule is Cc1ccc(N(CCC#N)C(=O)COC(=O)c2cccc(C)c2[N+](=O)[O-])cc1. The molecule has 0 atom stereocenters. The van der Waals surface area contributed by atoms with Gasteiger partial charge in [-0.2, -0.15) is 5.26 Å². The highest BCUT2D eigenvalue weighted by atomic mass is 16.6. The number of hydrogen-bond donors (Lipinski definition) is 0. The van der Waals surface area contributed by atoms with Gasteiger partial charge >= 0.3 is 5.97 Å². The van der Waals surface area contributed by atoms with Crippen LogP contribution in [-0.4, -0.2) is 30.0 Å². The van der Waals surface area contributed by atoms with Gasteiger partial charge in [-0.15, -0.1) is 0 Å². The van der Waals surface area contributed by atoms with Crippen molar-refractivity contribution in [3.63, 3.8) is 0 Å². The molecule has 0 fully saturated rings. The van der Waals surface area contributed by atoms with Crippen LogP contribution in [0.25, 0.3) is 0 Å². The zero-order chi connectivity index (χ0) is 20.7. The molecule has 0 heterocycles. The van der Waals surface area contributed by atoms with E-state index in [1.165, 1.54) is 30.0 Å². The van der Waals surface area contributed by atoms with Crippen molar-refractivity contribution < 1.29 is 19.2 Å². The van der Waals surface area contributed by atoms with Crippen LogP contribution in [-0.2, 0) is 9.53 Å². The largest absolute Gasteiger partial charge is 0.452 e. The van der Waals surface area contributed by atoms with E-state index in [-0.39, 0.29) is 24.2 Å². The number of rotatable bonds is 7. The fourth-order valence-electron chi connectivity index (χ4n) is 2.63. The molecule has 0 unspecified atom stereocenters. The topological polar surface area (TPSA) is 114 Å². The zero-order valence-electron chi connectivity index (χ0n) is 15.5. The van der Waals surface area contributed by atoms with Gasteiger partial charge in [-0.3, -0.25) is 14.9 Å². The molecule has 2 aromatic rings. The molecule has 2 aromatic carbocycles. The Balaban J connectivity index is 2.15. The molecular formula is C20H19N3O5. The molecule has 144 valence electrons. The quantitative estimate of drug-likeness (QED) is 0.413. The monoisotopic (exact) mass is 381 g/mol. The number of carbonyl (C=O) groups is 2. The van der Waals surface area contributed by atoms with Crippen LogP contribution < -0.4 is 4.90 Å². The Hall–Kier alpha value is -3.73. The molecule has 0 aliphatic heterocycles. The molecule has 0 saturated carbocycles. The molecule has 0 radical (unpaired) electrons. The lowest BCUT2D eigenvalue weighted by Gasteiger charge is -2.21. The number of ether oxygens (including phenoxy) is 1. The minimum atomic E-state index is -0.951. The van der Waals surface area contributed by atoms with Crippen molar-refractivity contribution in [1.82, 2.24) is 0 Å². The van der Waals surface area contributed by atoms with Crippen molar-refractivity contribution in [3.8, 4) is 6.07 Å². The van der Waals surface area contributed by atoms with Crippen LogP contribution in [0.5, 0.6) is 0 Å². The van der Waals surface area contributed by atoms with E-state index >= 15 is 0 Å². The highest BCUT2D eigenvalue weighted by Crippen LogP contribution is 2.24. The Kier molecular flexibility index (Phi) is 6.82. The van der Waals surface area contributed by atoms with Crippen LogP contribution in [0.3, 0.4) is 0 Å². The fourth-order valence-corrected chi connectivity index (χ4v) is 2.63. The van der Waals surface area contributed by atoms with E-state index < -0.39 is 23.4 Å². The lowest BCUT2D eigenvalue weighted by Crippen LogP contribution is -2.35. The van der Waals surface area contributed by atoms with Crippen molar-refractivity contribution in [2.24, 2.45) is 0 Å². The third kappa shape index (κ3) is 4.92. The summed E-state index contributed by atoms with van der Waals surface area (Å²) >= 11 is 0. The first kappa shape index (κ1) is 20.6. The molecule has 28 heavy (non-hydrogen) atoms. The summed E-state index contributed by atoms with van der Waals surface area (Å²) < 4.78 is 5.02. The molecule has 0 spiro atoms. The van der Waals surface area contributed by atoms with Crippen molar-refractivity contribution in [2.45, 2.75) is 20.3 Å². The van der Waals surface area contributed by atoms with Crippen molar-refractivity contribution in [2.75, 3.05) is 18.1 Å². The molecule has 0 aromatic heterocycles. The molecule has 2 rings (SSSR count). The lowest BCUT2D eigenvalue weighted by atomic mass is 10.1. The average Bonchev–Trinajstić information content (AvgIpc) is 2.67. The van der Waals surface area contributed by atoms with E-state index in [0.29, 0.717) is 11.3 Å². The van der Waals surface area contributed by atoms with E-state index in [1.807, 2.05) is 25.1 Å². The summed E-state index contributed by atoms with van der Waals surface area (Å²) in [6.07, 6.45) is 0.108. The predicted octanol–water partition coefficient (Wildman–Crippen LogP) is 3.32. The minimum Gasteiger partial charge on any atom is -0.452 e. The maximum absolute atomic E-state index is 12.6. The summed E-state index contributed by atoms with van der Waals surface area (Å²) in [6.45, 7) is 2.96. The van der Waals surface area contributed by atoms with Gasteiger partial charge < -0.3 is 9.64 Å². The minimum absolute atomic E-state index is 0.108. The Morgan fingerprint density at radius 1 is 1.18 bits per heavy atom. The van der Waals surface area contributed by atoms with Gasteiger partial charge in [0.1, 0.15) is 5.56 Å². The number of carbonyl (C=O) groups excluding carboxylic acids is 2. The van der Waals surface area contributed by atoms with Gasteiger partial charge in [-0.05, 0) is 32.0 Å². The highest BCUT2D eigenvalue weighted by molar-refractivity contribution is 5.98. The number of aryl methyl sites for hydroxylation is 2. The van der Waals surface area contributed by atoms with Crippen LogP contribution in [0.4, 0.5) is 11.4 Å². The third-order valence-corrected chi connectivity index (χ3v) is 4.06. The van der Waals surface area contributed by atoms with Gasteiger partial charge in [0.05, 0.1) is 17.4 Å². The van der Waals surface area contributed by atoms with Crippen molar-refractivity contribution >= 4 is 23.3 Å². The smallest absolute Gasteiger partial charge is 0.345 e. The average molecular weight is 381 g/mol. The predicted molar refractivity (Wildman–Crippen MR) is 102 cm³/mol. The van der Waals surface area contributed by atoms with Crippen LogP contribution >= 0.6 is 0 Å². The number of nitro benzene ring substituents is 1. The number of hydrogen-bond acceptors (Lipinski definition) is 6. The highest BCUT2D eigenvalue weighted by Gasteiger charge is 2.25. The second-order valence-electron chi connectivity index (χ2n) is 6.09. The van der Waals surface area contributed by atoms with Crippen molar-refractivity contribution in [3.05, 3.63) is 69.3 Å². The number of amides is 1. The van der Waals surface area contributed by atoms with Crippen molar-refractivity contribution in [1.29, 1.82) is 5.26 Å². The first-order chi connectivity index (χ1) is 13.3. The standard InChI is InChI=1S/C20H19N3O5/c1-14-7-9-16(10-8-14)22(12-4-11-21)18(24)13-28-20(25)17-6-3-5-15(2)19(17)23(26)27/h3,5-10H,4,12-13H2,1-2H3. The summed E-state index contributed by atoms with van der Waals surface area (Å²) in [4.78, 5) is 36.8. The second-order valence-corrected chi connectivity index (χ2v) is 6.09. The number of benzene rings is 2. The van der Waals surface area contributed by atoms with Crippen LogP contribution in [0, 0.1) is 35.3 Å². The number of nitriles is 1. The van der Waals surface area contributed by atoms with Crippen LogP contribution in [0.1, 0.15) is 27.9 Å². The first-order valence-electron chi connectivity index (χ1n) is 8.50. The van der Waals surface area contributed by atoms with Gasteiger partial charge in [0, 0.05) is 17.8 Å². The Morgan fingerprint density at radius 2 is 1.86 bits per heavy atom. The first-order valence-corrected chi connectivity index (χ1v) is 8.50. The third-order valence-electron chi connectivity index (χ3n) is 4.06. The Labute approximate surface area is 162 Å². The normalized spacial score (nSPS) is 10.0. The number of anilines is 1. The van der Waals surface area contributed by atoms with Gasteiger partial charge in [-0.1, -0.05) is 29.8 Å². The number of esters is 1. The van der Waals surface area contributed by atoms with E-state index in [9.17, 15) is 19.7 Å².